The highest BCUT2D eigenvalue weighted by molar-refractivity contribution is 6.01. The molecule has 1 fully saturated rings. The SMILES string of the molecule is CC(=NNC(=O)c1ccc([N+](=O)[O-])c(C)c1)c1ccc(NC(=O)C2CC2)cc1. The van der Waals surface area contributed by atoms with Crippen LogP contribution in [0, 0.1) is 23.0 Å². The van der Waals surface area contributed by atoms with Gasteiger partial charge in [-0.05, 0) is 56.5 Å². The summed E-state index contributed by atoms with van der Waals surface area (Å²) in [6.45, 7) is 3.33. The molecule has 1 aliphatic rings. The first-order valence-electron chi connectivity index (χ1n) is 8.86. The summed E-state index contributed by atoms with van der Waals surface area (Å²) in [6, 6.07) is 11.3. The zero-order valence-corrected chi connectivity index (χ0v) is 15.6. The second kappa shape index (κ2) is 7.99. The fraction of sp³-hybridized carbons (Fsp3) is 0.250. The van der Waals surface area contributed by atoms with E-state index >= 15 is 0 Å². The number of amides is 2. The maximum absolute atomic E-state index is 12.2. The zero-order valence-electron chi connectivity index (χ0n) is 15.6. The Labute approximate surface area is 161 Å². The number of hydrogen-bond acceptors (Lipinski definition) is 5. The first-order valence-corrected chi connectivity index (χ1v) is 8.86. The van der Waals surface area contributed by atoms with E-state index in [1.54, 1.807) is 26.0 Å². The molecule has 1 saturated carbocycles. The van der Waals surface area contributed by atoms with Crippen molar-refractivity contribution in [3.63, 3.8) is 0 Å². The van der Waals surface area contributed by atoms with Gasteiger partial charge in [-0.15, -0.1) is 0 Å². The van der Waals surface area contributed by atoms with Gasteiger partial charge in [-0.1, -0.05) is 12.1 Å². The van der Waals surface area contributed by atoms with Gasteiger partial charge < -0.3 is 5.32 Å². The smallest absolute Gasteiger partial charge is 0.272 e. The number of nitro groups is 1. The molecule has 0 aromatic heterocycles. The fourth-order valence-electron chi connectivity index (χ4n) is 2.65. The van der Waals surface area contributed by atoms with Crippen LogP contribution in [-0.4, -0.2) is 22.4 Å². The summed E-state index contributed by atoms with van der Waals surface area (Å²) in [4.78, 5) is 34.4. The van der Waals surface area contributed by atoms with Gasteiger partial charge in [0.15, 0.2) is 0 Å². The van der Waals surface area contributed by atoms with Crippen LogP contribution in [0.25, 0.3) is 0 Å². The standard InChI is InChI=1S/C20H20N4O4/c1-12-11-16(7-10-18(12)24(27)28)20(26)23-22-13(2)14-5-8-17(9-6-14)21-19(25)15-3-4-15/h5-11,15H,3-4H2,1-2H3,(H,21,25)(H,23,26). The van der Waals surface area contributed by atoms with E-state index in [0.29, 0.717) is 11.3 Å². The van der Waals surface area contributed by atoms with Crippen LogP contribution < -0.4 is 10.7 Å². The molecular formula is C20H20N4O4. The normalized spacial score (nSPS) is 13.7. The van der Waals surface area contributed by atoms with Crippen molar-refractivity contribution in [1.82, 2.24) is 5.43 Å². The van der Waals surface area contributed by atoms with Gasteiger partial charge in [-0.3, -0.25) is 19.7 Å². The van der Waals surface area contributed by atoms with E-state index < -0.39 is 10.8 Å². The summed E-state index contributed by atoms with van der Waals surface area (Å²) in [5, 5.41) is 17.8. The van der Waals surface area contributed by atoms with Gasteiger partial charge in [0.2, 0.25) is 5.91 Å². The Balaban J connectivity index is 1.63. The number of rotatable bonds is 6. The predicted molar refractivity (Wildman–Crippen MR) is 105 cm³/mol. The van der Waals surface area contributed by atoms with Crippen molar-refractivity contribution in [2.45, 2.75) is 26.7 Å². The fourth-order valence-corrected chi connectivity index (χ4v) is 2.65. The monoisotopic (exact) mass is 380 g/mol. The summed E-state index contributed by atoms with van der Waals surface area (Å²) < 4.78 is 0. The molecule has 2 aromatic carbocycles. The molecular weight excluding hydrogens is 360 g/mol. The molecule has 0 radical (unpaired) electrons. The van der Waals surface area contributed by atoms with Crippen LogP contribution >= 0.6 is 0 Å². The maximum atomic E-state index is 12.2. The predicted octanol–water partition coefficient (Wildman–Crippen LogP) is 3.41. The lowest BCUT2D eigenvalue weighted by Crippen LogP contribution is -2.19. The number of carbonyl (C=O) groups excluding carboxylic acids is 2. The summed E-state index contributed by atoms with van der Waals surface area (Å²) in [5.74, 6) is -0.268. The van der Waals surface area contributed by atoms with Gasteiger partial charge in [-0.25, -0.2) is 5.43 Å². The van der Waals surface area contributed by atoms with Gasteiger partial charge in [0.05, 0.1) is 10.6 Å². The number of carbonyl (C=O) groups is 2. The van der Waals surface area contributed by atoms with Crippen LogP contribution in [0.2, 0.25) is 0 Å². The number of hydrogen-bond donors (Lipinski definition) is 2. The molecule has 0 spiro atoms. The number of benzene rings is 2. The van der Waals surface area contributed by atoms with Crippen molar-refractivity contribution >= 4 is 28.9 Å². The minimum atomic E-state index is -0.490. The number of nitro benzene ring substituents is 1. The Bertz CT molecular complexity index is 963. The van der Waals surface area contributed by atoms with Crippen molar-refractivity contribution in [2.75, 3.05) is 5.32 Å². The van der Waals surface area contributed by atoms with E-state index in [-0.39, 0.29) is 23.1 Å². The second-order valence-corrected chi connectivity index (χ2v) is 6.74. The average molecular weight is 380 g/mol. The van der Waals surface area contributed by atoms with Gasteiger partial charge in [-0.2, -0.15) is 5.10 Å². The van der Waals surface area contributed by atoms with Gasteiger partial charge >= 0.3 is 0 Å². The van der Waals surface area contributed by atoms with E-state index in [9.17, 15) is 19.7 Å². The number of aryl methyl sites for hydroxylation is 1. The third-order valence-corrected chi connectivity index (χ3v) is 4.50. The molecule has 0 saturated heterocycles. The first kappa shape index (κ1) is 19.2. The van der Waals surface area contributed by atoms with Crippen LogP contribution in [0.3, 0.4) is 0 Å². The minimum absolute atomic E-state index is 0.0369. The number of nitrogens with one attached hydrogen (secondary N) is 2. The zero-order chi connectivity index (χ0) is 20.3. The number of hydrazone groups is 1. The molecule has 0 atom stereocenters. The highest BCUT2D eigenvalue weighted by Crippen LogP contribution is 2.30. The molecule has 2 aromatic rings. The topological polar surface area (TPSA) is 114 Å². The van der Waals surface area contributed by atoms with Gasteiger partial charge in [0, 0.05) is 28.8 Å². The Hall–Kier alpha value is -3.55. The molecule has 8 nitrogen and oxygen atoms in total. The average Bonchev–Trinajstić information content (AvgIpc) is 3.51. The maximum Gasteiger partial charge on any atom is 0.272 e. The number of anilines is 1. The molecule has 28 heavy (non-hydrogen) atoms. The molecule has 144 valence electrons. The Kier molecular flexibility index (Phi) is 5.49. The quantitative estimate of drug-likeness (QED) is 0.454. The van der Waals surface area contributed by atoms with E-state index in [1.165, 1.54) is 18.2 Å². The molecule has 0 bridgehead atoms. The number of nitrogens with zero attached hydrogens (tertiary/aromatic N) is 2. The van der Waals surface area contributed by atoms with E-state index in [1.807, 2.05) is 12.1 Å². The van der Waals surface area contributed by atoms with Crippen molar-refractivity contribution in [2.24, 2.45) is 11.0 Å². The molecule has 3 rings (SSSR count). The van der Waals surface area contributed by atoms with E-state index in [2.05, 4.69) is 15.8 Å². The van der Waals surface area contributed by atoms with Gasteiger partial charge in [0.1, 0.15) is 0 Å². The Morgan fingerprint density at radius 2 is 1.75 bits per heavy atom. The minimum Gasteiger partial charge on any atom is -0.326 e. The summed E-state index contributed by atoms with van der Waals surface area (Å²) in [7, 11) is 0. The lowest BCUT2D eigenvalue weighted by molar-refractivity contribution is -0.385. The first-order chi connectivity index (χ1) is 13.3. The summed E-state index contributed by atoms with van der Waals surface area (Å²) in [5.41, 5.74) is 5.22. The van der Waals surface area contributed by atoms with Crippen LogP contribution in [0.4, 0.5) is 11.4 Å². The Morgan fingerprint density at radius 1 is 1.11 bits per heavy atom. The van der Waals surface area contributed by atoms with Crippen molar-refractivity contribution < 1.29 is 14.5 Å². The van der Waals surface area contributed by atoms with Crippen molar-refractivity contribution in [1.29, 1.82) is 0 Å². The van der Waals surface area contributed by atoms with E-state index in [4.69, 9.17) is 0 Å². The summed E-state index contributed by atoms with van der Waals surface area (Å²) >= 11 is 0. The lowest BCUT2D eigenvalue weighted by Gasteiger charge is -2.07. The van der Waals surface area contributed by atoms with Crippen molar-refractivity contribution in [3.8, 4) is 0 Å². The Morgan fingerprint density at radius 3 is 2.32 bits per heavy atom. The summed E-state index contributed by atoms with van der Waals surface area (Å²) in [6.07, 6.45) is 1.90. The van der Waals surface area contributed by atoms with Crippen LogP contribution in [0.5, 0.6) is 0 Å². The molecule has 0 heterocycles. The molecule has 2 N–H and O–H groups in total. The molecule has 2 amide bonds. The molecule has 8 heteroatoms. The lowest BCUT2D eigenvalue weighted by atomic mass is 10.1. The highest BCUT2D eigenvalue weighted by Gasteiger charge is 2.29. The molecule has 0 unspecified atom stereocenters. The largest absolute Gasteiger partial charge is 0.326 e. The van der Waals surface area contributed by atoms with Crippen molar-refractivity contribution in [3.05, 3.63) is 69.3 Å². The molecule has 1 aliphatic carbocycles. The second-order valence-electron chi connectivity index (χ2n) is 6.74. The van der Waals surface area contributed by atoms with Crippen LogP contribution in [0.1, 0.15) is 41.3 Å². The molecule has 0 aliphatic heterocycles. The van der Waals surface area contributed by atoms with Crippen LogP contribution in [-0.2, 0) is 4.79 Å². The van der Waals surface area contributed by atoms with Crippen LogP contribution in [0.15, 0.2) is 47.6 Å². The third-order valence-electron chi connectivity index (χ3n) is 4.50. The van der Waals surface area contributed by atoms with Gasteiger partial charge in [0.25, 0.3) is 11.6 Å². The third kappa shape index (κ3) is 4.59. The highest BCUT2D eigenvalue weighted by atomic mass is 16.6. The van der Waals surface area contributed by atoms with E-state index in [0.717, 1.165) is 24.1 Å².